The number of nitrogens with one attached hydrogen (secondary N) is 1. The fourth-order valence-electron chi connectivity index (χ4n) is 3.25. The second-order valence-electron chi connectivity index (χ2n) is 6.25. The molecular weight excluding hydrogens is 302 g/mol. The quantitative estimate of drug-likeness (QED) is 0.767. The Bertz CT molecular complexity index is 857. The van der Waals surface area contributed by atoms with E-state index >= 15 is 0 Å². The number of para-hydroxylation sites is 1. The Hall–Kier alpha value is -2.83. The summed E-state index contributed by atoms with van der Waals surface area (Å²) in [5.74, 6) is 1.12. The Labute approximate surface area is 140 Å². The summed E-state index contributed by atoms with van der Waals surface area (Å²) in [6, 6.07) is 8.10. The summed E-state index contributed by atoms with van der Waals surface area (Å²) in [5, 5.41) is 8.60. The maximum Gasteiger partial charge on any atom is 0.225 e. The highest BCUT2D eigenvalue weighted by Crippen LogP contribution is 2.23. The average molecular weight is 323 g/mol. The summed E-state index contributed by atoms with van der Waals surface area (Å²) in [6.07, 6.45) is 6.17. The predicted octanol–water partition coefficient (Wildman–Crippen LogP) is 2.03. The lowest BCUT2D eigenvalue weighted by molar-refractivity contribution is 0.527. The molecule has 1 atom stereocenters. The summed E-state index contributed by atoms with van der Waals surface area (Å²) < 4.78 is 1.83. The fraction of sp³-hybridized carbons (Fsp3) is 0.353. The summed E-state index contributed by atoms with van der Waals surface area (Å²) in [7, 11) is 1.94. The van der Waals surface area contributed by atoms with E-state index in [1.807, 2.05) is 48.4 Å². The molecular formula is C17H21N7. The van der Waals surface area contributed by atoms with Gasteiger partial charge in [-0.3, -0.25) is 4.68 Å². The first-order valence-corrected chi connectivity index (χ1v) is 8.21. The first kappa shape index (κ1) is 14.7. The number of anilines is 3. The van der Waals surface area contributed by atoms with Crippen LogP contribution in [0.15, 0.2) is 36.7 Å². The van der Waals surface area contributed by atoms with Gasteiger partial charge >= 0.3 is 0 Å². The number of rotatable bonds is 3. The van der Waals surface area contributed by atoms with E-state index in [2.05, 4.69) is 25.3 Å². The number of benzene rings is 1. The topological polar surface area (TPSA) is 84.9 Å². The number of hydrogen-bond donors (Lipinski definition) is 2. The van der Waals surface area contributed by atoms with Crippen LogP contribution in [0.25, 0.3) is 10.9 Å². The van der Waals surface area contributed by atoms with Crippen molar-refractivity contribution in [1.82, 2.24) is 19.7 Å². The summed E-state index contributed by atoms with van der Waals surface area (Å²) >= 11 is 0. The number of nitrogens with two attached hydrogens (primary N) is 1. The molecule has 3 N–H and O–H groups in total. The van der Waals surface area contributed by atoms with Gasteiger partial charge in [0.05, 0.1) is 17.4 Å². The third kappa shape index (κ3) is 2.84. The smallest absolute Gasteiger partial charge is 0.225 e. The standard InChI is InChI=1S/C17H21N7/c1-23-11-13(9-19-23)24-8-4-5-12(10-24)20-17-21-15-7-3-2-6-14(15)16(18)22-17/h2-3,6-7,9,11-12H,4-5,8,10H2,1H3,(H3,18,20,21,22)/t12-/m0/s1. The number of fused-ring (bicyclic) bond motifs is 1. The summed E-state index contributed by atoms with van der Waals surface area (Å²) in [5.41, 5.74) is 8.09. The van der Waals surface area contributed by atoms with Crippen LogP contribution >= 0.6 is 0 Å². The highest BCUT2D eigenvalue weighted by molar-refractivity contribution is 5.88. The molecule has 0 bridgehead atoms. The largest absolute Gasteiger partial charge is 0.383 e. The maximum atomic E-state index is 6.07. The molecule has 3 heterocycles. The zero-order valence-corrected chi connectivity index (χ0v) is 13.7. The zero-order valence-electron chi connectivity index (χ0n) is 13.7. The number of piperidine rings is 1. The van der Waals surface area contributed by atoms with Gasteiger partial charge in [0.15, 0.2) is 0 Å². The maximum absolute atomic E-state index is 6.07. The fourth-order valence-corrected chi connectivity index (χ4v) is 3.25. The van der Waals surface area contributed by atoms with Crippen molar-refractivity contribution in [3.63, 3.8) is 0 Å². The van der Waals surface area contributed by atoms with Crippen LogP contribution in [-0.4, -0.2) is 38.9 Å². The third-order valence-corrected chi connectivity index (χ3v) is 4.44. The molecule has 0 saturated carbocycles. The molecule has 3 aromatic rings. The van der Waals surface area contributed by atoms with Gasteiger partial charge in [-0.25, -0.2) is 4.98 Å². The molecule has 4 rings (SSSR count). The SMILES string of the molecule is Cn1cc(N2CCC[C@H](Nc3nc(N)c4ccccc4n3)C2)cn1. The molecule has 2 aromatic heterocycles. The van der Waals surface area contributed by atoms with Crippen LogP contribution in [0, 0.1) is 0 Å². The Kier molecular flexibility index (Phi) is 3.68. The van der Waals surface area contributed by atoms with Crippen molar-refractivity contribution in [1.29, 1.82) is 0 Å². The van der Waals surface area contributed by atoms with E-state index in [9.17, 15) is 0 Å². The van der Waals surface area contributed by atoms with Crippen LogP contribution < -0.4 is 16.0 Å². The van der Waals surface area contributed by atoms with E-state index in [1.165, 1.54) is 0 Å². The molecule has 0 spiro atoms. The lowest BCUT2D eigenvalue weighted by Crippen LogP contribution is -2.42. The lowest BCUT2D eigenvalue weighted by Gasteiger charge is -2.33. The van der Waals surface area contributed by atoms with Gasteiger partial charge in [0.1, 0.15) is 5.82 Å². The normalized spacial score (nSPS) is 18.0. The van der Waals surface area contributed by atoms with Crippen LogP contribution in [-0.2, 0) is 7.05 Å². The van der Waals surface area contributed by atoms with Gasteiger partial charge < -0.3 is 16.0 Å². The first-order chi connectivity index (χ1) is 11.7. The van der Waals surface area contributed by atoms with E-state index in [0.717, 1.165) is 42.5 Å². The van der Waals surface area contributed by atoms with E-state index in [-0.39, 0.29) is 0 Å². The minimum absolute atomic E-state index is 0.291. The number of aryl methyl sites for hydroxylation is 1. The second kappa shape index (κ2) is 5.99. The molecule has 0 amide bonds. The molecule has 1 aliphatic rings. The van der Waals surface area contributed by atoms with Crippen LogP contribution in [0.1, 0.15) is 12.8 Å². The molecule has 1 saturated heterocycles. The van der Waals surface area contributed by atoms with Crippen LogP contribution in [0.2, 0.25) is 0 Å². The van der Waals surface area contributed by atoms with E-state index < -0.39 is 0 Å². The molecule has 7 heteroatoms. The number of nitrogens with zero attached hydrogens (tertiary/aromatic N) is 5. The van der Waals surface area contributed by atoms with Crippen LogP contribution in [0.4, 0.5) is 17.5 Å². The molecule has 0 aliphatic carbocycles. The van der Waals surface area contributed by atoms with Crippen molar-refractivity contribution in [2.24, 2.45) is 7.05 Å². The van der Waals surface area contributed by atoms with Crippen molar-refractivity contribution in [3.05, 3.63) is 36.7 Å². The van der Waals surface area contributed by atoms with Gasteiger partial charge in [0.2, 0.25) is 5.95 Å². The van der Waals surface area contributed by atoms with Crippen molar-refractivity contribution in [3.8, 4) is 0 Å². The van der Waals surface area contributed by atoms with Gasteiger partial charge in [0.25, 0.3) is 0 Å². The van der Waals surface area contributed by atoms with Crippen LogP contribution in [0.5, 0.6) is 0 Å². The molecule has 0 unspecified atom stereocenters. The van der Waals surface area contributed by atoms with Crippen molar-refractivity contribution in [2.75, 3.05) is 29.0 Å². The van der Waals surface area contributed by atoms with Crippen molar-refractivity contribution in [2.45, 2.75) is 18.9 Å². The molecule has 124 valence electrons. The minimum Gasteiger partial charge on any atom is -0.383 e. The lowest BCUT2D eigenvalue weighted by atomic mass is 10.1. The van der Waals surface area contributed by atoms with Crippen molar-refractivity contribution < 1.29 is 0 Å². The second-order valence-corrected chi connectivity index (χ2v) is 6.25. The molecule has 1 fully saturated rings. The Morgan fingerprint density at radius 1 is 1.25 bits per heavy atom. The van der Waals surface area contributed by atoms with Gasteiger partial charge in [-0.1, -0.05) is 12.1 Å². The van der Waals surface area contributed by atoms with Gasteiger partial charge in [0, 0.05) is 37.8 Å². The number of aromatic nitrogens is 4. The monoisotopic (exact) mass is 323 g/mol. The van der Waals surface area contributed by atoms with E-state index in [0.29, 0.717) is 17.8 Å². The van der Waals surface area contributed by atoms with E-state index in [1.54, 1.807) is 0 Å². The molecule has 24 heavy (non-hydrogen) atoms. The van der Waals surface area contributed by atoms with Gasteiger partial charge in [-0.05, 0) is 25.0 Å². The minimum atomic E-state index is 0.291. The first-order valence-electron chi connectivity index (χ1n) is 8.21. The van der Waals surface area contributed by atoms with Gasteiger partial charge in [-0.15, -0.1) is 0 Å². The van der Waals surface area contributed by atoms with E-state index in [4.69, 9.17) is 5.73 Å². The van der Waals surface area contributed by atoms with Crippen LogP contribution in [0.3, 0.4) is 0 Å². The predicted molar refractivity (Wildman–Crippen MR) is 96.0 cm³/mol. The number of hydrogen-bond acceptors (Lipinski definition) is 6. The summed E-state index contributed by atoms with van der Waals surface area (Å²) in [6.45, 7) is 1.95. The van der Waals surface area contributed by atoms with Crippen molar-refractivity contribution >= 4 is 28.4 Å². The molecule has 1 aliphatic heterocycles. The Balaban J connectivity index is 1.52. The number of nitrogen functional groups attached to an aromatic ring is 1. The molecule has 0 radical (unpaired) electrons. The Morgan fingerprint density at radius 2 is 2.12 bits per heavy atom. The zero-order chi connectivity index (χ0) is 16.5. The Morgan fingerprint density at radius 3 is 2.96 bits per heavy atom. The molecule has 7 nitrogen and oxygen atoms in total. The third-order valence-electron chi connectivity index (χ3n) is 4.44. The summed E-state index contributed by atoms with van der Waals surface area (Å²) in [4.78, 5) is 11.4. The highest BCUT2D eigenvalue weighted by Gasteiger charge is 2.21. The average Bonchev–Trinajstić information content (AvgIpc) is 3.02. The molecule has 1 aromatic carbocycles. The highest BCUT2D eigenvalue weighted by atomic mass is 15.3. The van der Waals surface area contributed by atoms with Gasteiger partial charge in [-0.2, -0.15) is 10.1 Å².